The van der Waals surface area contributed by atoms with E-state index in [0.717, 1.165) is 21.2 Å². The third-order valence-corrected chi connectivity index (χ3v) is 6.05. The summed E-state index contributed by atoms with van der Waals surface area (Å²) in [6.07, 6.45) is 0. The average molecular weight is 423 g/mol. The average Bonchev–Trinajstić information content (AvgIpc) is 3.14. The Labute approximate surface area is 170 Å². The highest BCUT2D eigenvalue weighted by Crippen LogP contribution is 2.41. The maximum absolute atomic E-state index is 6.32. The van der Waals surface area contributed by atoms with Crippen LogP contribution in [0.15, 0.2) is 99.9 Å². The van der Waals surface area contributed by atoms with Crippen LogP contribution in [-0.2, 0) is 0 Å². The van der Waals surface area contributed by atoms with Gasteiger partial charge in [0, 0.05) is 20.8 Å². The topological polar surface area (TPSA) is 13.1 Å². The van der Waals surface area contributed by atoms with Gasteiger partial charge < -0.3 is 4.42 Å². The van der Waals surface area contributed by atoms with Gasteiger partial charge in [-0.05, 0) is 51.7 Å². The van der Waals surface area contributed by atoms with Gasteiger partial charge in [0.05, 0.1) is 0 Å². The number of hydrogen-bond donors (Lipinski definition) is 0. The Morgan fingerprint density at radius 1 is 0.536 bits per heavy atom. The van der Waals surface area contributed by atoms with Gasteiger partial charge >= 0.3 is 0 Å². The Bertz CT molecular complexity index is 1440. The molecule has 1 heterocycles. The predicted octanol–water partition coefficient (Wildman–Crippen LogP) is 8.27. The van der Waals surface area contributed by atoms with Gasteiger partial charge in [-0.15, -0.1) is 0 Å². The van der Waals surface area contributed by atoms with Crippen LogP contribution in [0.1, 0.15) is 0 Å². The Balaban J connectivity index is 1.54. The van der Waals surface area contributed by atoms with Gasteiger partial charge in [-0.3, -0.25) is 0 Å². The van der Waals surface area contributed by atoms with Gasteiger partial charge in [-0.2, -0.15) is 0 Å². The van der Waals surface area contributed by atoms with E-state index < -0.39 is 0 Å². The van der Waals surface area contributed by atoms with E-state index in [2.05, 4.69) is 107 Å². The molecule has 132 valence electrons. The molecule has 6 rings (SSSR count). The normalized spacial score (nSPS) is 11.8. The lowest BCUT2D eigenvalue weighted by atomic mass is 9.96. The van der Waals surface area contributed by atoms with Gasteiger partial charge in [0.25, 0.3) is 0 Å². The molecule has 0 amide bonds. The van der Waals surface area contributed by atoms with Crippen LogP contribution in [0, 0.1) is 0 Å². The van der Waals surface area contributed by atoms with Crippen LogP contribution in [0.5, 0.6) is 0 Å². The van der Waals surface area contributed by atoms with Crippen molar-refractivity contribution >= 4 is 48.6 Å². The Kier molecular flexibility index (Phi) is 3.38. The molecule has 0 spiro atoms. The summed E-state index contributed by atoms with van der Waals surface area (Å²) >= 11 is 3.50. The molecule has 6 aromatic rings. The summed E-state index contributed by atoms with van der Waals surface area (Å²) in [5, 5.41) is 4.90. The smallest absolute Gasteiger partial charge is 0.143 e. The molecule has 1 aromatic heterocycles. The third-order valence-electron chi connectivity index (χ3n) is 5.53. The third kappa shape index (κ3) is 2.31. The molecule has 0 radical (unpaired) electrons. The summed E-state index contributed by atoms with van der Waals surface area (Å²) in [6.45, 7) is 0. The summed E-state index contributed by atoms with van der Waals surface area (Å²) in [7, 11) is 0. The molecule has 28 heavy (non-hydrogen) atoms. The van der Waals surface area contributed by atoms with Crippen molar-refractivity contribution in [3.63, 3.8) is 0 Å². The molecular weight excluding hydrogens is 408 g/mol. The number of hydrogen-bond acceptors (Lipinski definition) is 1. The molecule has 0 N–H and O–H groups in total. The van der Waals surface area contributed by atoms with Crippen molar-refractivity contribution in [3.8, 4) is 22.3 Å². The molecule has 0 atom stereocenters. The molecule has 0 aliphatic carbocycles. The van der Waals surface area contributed by atoms with E-state index in [-0.39, 0.29) is 0 Å². The first kappa shape index (κ1) is 15.9. The summed E-state index contributed by atoms with van der Waals surface area (Å²) < 4.78 is 7.42. The Hall–Kier alpha value is -3.10. The van der Waals surface area contributed by atoms with Crippen molar-refractivity contribution < 1.29 is 4.42 Å². The number of halogens is 1. The van der Waals surface area contributed by atoms with Gasteiger partial charge in [0.1, 0.15) is 11.2 Å². The zero-order valence-electron chi connectivity index (χ0n) is 14.9. The lowest BCUT2D eigenvalue weighted by molar-refractivity contribution is 0.670. The van der Waals surface area contributed by atoms with E-state index in [1.807, 2.05) is 0 Å². The molecule has 5 aromatic carbocycles. The molecule has 0 fully saturated rings. The fraction of sp³-hybridized carbons (Fsp3) is 0. The number of furan rings is 1. The van der Waals surface area contributed by atoms with Crippen molar-refractivity contribution in [2.24, 2.45) is 0 Å². The summed E-state index contributed by atoms with van der Waals surface area (Å²) in [4.78, 5) is 0. The summed E-state index contributed by atoms with van der Waals surface area (Å²) in [5.41, 5.74) is 6.65. The van der Waals surface area contributed by atoms with E-state index in [4.69, 9.17) is 4.42 Å². The van der Waals surface area contributed by atoms with E-state index in [1.54, 1.807) is 0 Å². The molecule has 0 saturated heterocycles. The van der Waals surface area contributed by atoms with Crippen LogP contribution < -0.4 is 0 Å². The van der Waals surface area contributed by atoms with Crippen LogP contribution in [0.25, 0.3) is 55.0 Å². The van der Waals surface area contributed by atoms with Crippen LogP contribution in [-0.4, -0.2) is 0 Å². The second-order valence-electron chi connectivity index (χ2n) is 7.15. The Morgan fingerprint density at radius 3 is 1.89 bits per heavy atom. The van der Waals surface area contributed by atoms with Crippen LogP contribution >= 0.6 is 15.9 Å². The maximum Gasteiger partial charge on any atom is 0.143 e. The van der Waals surface area contributed by atoms with E-state index in [0.29, 0.717) is 0 Å². The fourth-order valence-corrected chi connectivity index (χ4v) is 4.41. The Morgan fingerprint density at radius 2 is 1.14 bits per heavy atom. The molecule has 0 saturated carbocycles. The zero-order chi connectivity index (χ0) is 18.7. The molecular formula is C26H15BrO. The highest BCUT2D eigenvalue weighted by molar-refractivity contribution is 9.10. The molecule has 2 heteroatoms. The minimum absolute atomic E-state index is 0.956. The first-order valence-corrected chi connectivity index (χ1v) is 10.1. The van der Waals surface area contributed by atoms with Gasteiger partial charge in [-0.1, -0.05) is 82.7 Å². The van der Waals surface area contributed by atoms with Crippen molar-refractivity contribution in [2.45, 2.75) is 0 Å². The lowest BCUT2D eigenvalue weighted by Crippen LogP contribution is -1.82. The molecule has 1 nitrogen and oxygen atoms in total. The SMILES string of the molecule is Brc1ccc(-c2ccc(-c3ccc4ccc5cccc6oc3c4c56)cc2)cc1. The van der Waals surface area contributed by atoms with Gasteiger partial charge in [-0.25, -0.2) is 0 Å². The minimum atomic E-state index is 0.956. The van der Waals surface area contributed by atoms with Gasteiger partial charge in [0.15, 0.2) is 0 Å². The second-order valence-corrected chi connectivity index (χ2v) is 8.06. The summed E-state index contributed by atoms with van der Waals surface area (Å²) in [6, 6.07) is 32.1. The first-order valence-electron chi connectivity index (χ1n) is 9.31. The van der Waals surface area contributed by atoms with Crippen LogP contribution in [0.4, 0.5) is 0 Å². The second kappa shape index (κ2) is 5.95. The van der Waals surface area contributed by atoms with Crippen molar-refractivity contribution in [1.82, 2.24) is 0 Å². The van der Waals surface area contributed by atoms with Gasteiger partial charge in [0.2, 0.25) is 0 Å². The standard InChI is InChI=1S/C26H15BrO/c27-21-13-10-17(11-14-21)16-4-6-18(7-5-16)22-15-12-20-9-8-19-2-1-3-23-24(19)25(20)26(22)28-23/h1-15H. The zero-order valence-corrected chi connectivity index (χ0v) is 16.5. The first-order chi connectivity index (χ1) is 13.8. The lowest BCUT2D eigenvalue weighted by Gasteiger charge is -2.07. The van der Waals surface area contributed by atoms with Crippen LogP contribution in [0.3, 0.4) is 0 Å². The van der Waals surface area contributed by atoms with Crippen LogP contribution in [0.2, 0.25) is 0 Å². The molecule has 0 bridgehead atoms. The van der Waals surface area contributed by atoms with Crippen molar-refractivity contribution in [3.05, 3.63) is 95.5 Å². The van der Waals surface area contributed by atoms with Crippen molar-refractivity contribution in [1.29, 1.82) is 0 Å². The minimum Gasteiger partial charge on any atom is -0.455 e. The molecule has 0 aliphatic heterocycles. The monoisotopic (exact) mass is 422 g/mol. The predicted molar refractivity (Wildman–Crippen MR) is 121 cm³/mol. The highest BCUT2D eigenvalue weighted by atomic mass is 79.9. The fourth-order valence-electron chi connectivity index (χ4n) is 4.14. The van der Waals surface area contributed by atoms with E-state index in [9.17, 15) is 0 Å². The summed E-state index contributed by atoms with van der Waals surface area (Å²) in [5.74, 6) is 0. The number of rotatable bonds is 2. The largest absolute Gasteiger partial charge is 0.455 e. The molecule has 0 aliphatic rings. The maximum atomic E-state index is 6.32. The quantitative estimate of drug-likeness (QED) is 0.256. The number of benzene rings is 5. The van der Waals surface area contributed by atoms with E-state index in [1.165, 1.54) is 38.2 Å². The molecule has 0 unspecified atom stereocenters. The van der Waals surface area contributed by atoms with E-state index >= 15 is 0 Å². The van der Waals surface area contributed by atoms with Crippen molar-refractivity contribution in [2.75, 3.05) is 0 Å². The highest BCUT2D eigenvalue weighted by Gasteiger charge is 2.16.